The Hall–Kier alpha value is -2.14. The molecule has 0 unspecified atom stereocenters. The Morgan fingerprint density at radius 3 is 2.54 bits per heavy atom. The number of morpholine rings is 1. The molecule has 1 amide bonds. The molecular formula is C19H25N3O2. The number of hydrogen-bond acceptors (Lipinski definition) is 3. The van der Waals surface area contributed by atoms with E-state index in [1.54, 1.807) is 0 Å². The van der Waals surface area contributed by atoms with Crippen LogP contribution in [0, 0.1) is 13.8 Å². The summed E-state index contributed by atoms with van der Waals surface area (Å²) in [5.41, 5.74) is 3.76. The summed E-state index contributed by atoms with van der Waals surface area (Å²) in [5.74, 6) is 0.0703. The van der Waals surface area contributed by atoms with Crippen molar-refractivity contribution in [2.24, 2.45) is 0 Å². The maximum absolute atomic E-state index is 12.8. The lowest BCUT2D eigenvalue weighted by molar-refractivity contribution is -0.0370. The topological polar surface area (TPSA) is 47.4 Å². The summed E-state index contributed by atoms with van der Waals surface area (Å²) in [5, 5.41) is 4.48. The zero-order valence-corrected chi connectivity index (χ0v) is 14.9. The fourth-order valence-electron chi connectivity index (χ4n) is 3.15. The van der Waals surface area contributed by atoms with Gasteiger partial charge in [-0.15, -0.1) is 0 Å². The van der Waals surface area contributed by atoms with Gasteiger partial charge >= 0.3 is 0 Å². The molecule has 0 bridgehead atoms. The van der Waals surface area contributed by atoms with E-state index >= 15 is 0 Å². The Bertz CT molecular complexity index is 732. The molecule has 0 radical (unpaired) electrons. The van der Waals surface area contributed by atoms with Crippen LogP contribution in [0.5, 0.6) is 0 Å². The molecule has 1 aromatic carbocycles. The van der Waals surface area contributed by atoms with Gasteiger partial charge in [-0.05, 0) is 51.5 Å². The molecule has 24 heavy (non-hydrogen) atoms. The predicted molar refractivity (Wildman–Crippen MR) is 93.2 cm³/mol. The van der Waals surface area contributed by atoms with Gasteiger partial charge in [0.1, 0.15) is 0 Å². The molecule has 128 valence electrons. The van der Waals surface area contributed by atoms with Crippen molar-refractivity contribution in [2.75, 3.05) is 19.8 Å². The standard InChI is InChI=1S/C19H25N3O2/c1-14-11-15(2)22(20-14)12-16-5-7-17(8-6-16)18(23)21-9-10-24-13-19(21,3)4/h5-8,11H,9-10,12-13H2,1-4H3. The molecule has 3 rings (SSSR count). The van der Waals surface area contributed by atoms with E-state index in [2.05, 4.69) is 18.1 Å². The molecule has 1 fully saturated rings. The third-order valence-electron chi connectivity index (χ3n) is 4.53. The normalized spacial score (nSPS) is 17.1. The first-order valence-corrected chi connectivity index (χ1v) is 8.36. The monoisotopic (exact) mass is 327 g/mol. The number of carbonyl (C=O) groups is 1. The highest BCUT2D eigenvalue weighted by Crippen LogP contribution is 2.22. The van der Waals surface area contributed by atoms with Gasteiger partial charge in [0.25, 0.3) is 5.91 Å². The van der Waals surface area contributed by atoms with Gasteiger partial charge in [-0.3, -0.25) is 9.48 Å². The third-order valence-corrected chi connectivity index (χ3v) is 4.53. The number of carbonyl (C=O) groups excluding carboxylic acids is 1. The van der Waals surface area contributed by atoms with Crippen molar-refractivity contribution >= 4 is 5.91 Å². The molecule has 0 atom stereocenters. The van der Waals surface area contributed by atoms with E-state index < -0.39 is 0 Å². The number of ether oxygens (including phenoxy) is 1. The summed E-state index contributed by atoms with van der Waals surface area (Å²) >= 11 is 0. The molecule has 0 N–H and O–H groups in total. The zero-order valence-electron chi connectivity index (χ0n) is 14.9. The fourth-order valence-corrected chi connectivity index (χ4v) is 3.15. The first-order valence-electron chi connectivity index (χ1n) is 8.36. The summed E-state index contributed by atoms with van der Waals surface area (Å²) in [6, 6.07) is 9.91. The number of amides is 1. The highest BCUT2D eigenvalue weighted by molar-refractivity contribution is 5.94. The molecule has 0 spiro atoms. The molecule has 1 aliphatic rings. The van der Waals surface area contributed by atoms with Crippen molar-refractivity contribution in [3.05, 3.63) is 52.8 Å². The van der Waals surface area contributed by atoms with Crippen molar-refractivity contribution in [1.82, 2.24) is 14.7 Å². The van der Waals surface area contributed by atoms with Crippen molar-refractivity contribution < 1.29 is 9.53 Å². The number of aryl methyl sites for hydroxylation is 2. The quantitative estimate of drug-likeness (QED) is 0.871. The van der Waals surface area contributed by atoms with Crippen molar-refractivity contribution in [3.63, 3.8) is 0 Å². The minimum Gasteiger partial charge on any atom is -0.377 e. The lowest BCUT2D eigenvalue weighted by atomic mass is 10.0. The average Bonchev–Trinajstić information content (AvgIpc) is 2.84. The summed E-state index contributed by atoms with van der Waals surface area (Å²) in [6.07, 6.45) is 0. The largest absolute Gasteiger partial charge is 0.377 e. The van der Waals surface area contributed by atoms with Crippen LogP contribution in [0.4, 0.5) is 0 Å². The molecule has 0 saturated carbocycles. The molecular weight excluding hydrogens is 302 g/mol. The van der Waals surface area contributed by atoms with Crippen LogP contribution in [-0.4, -0.2) is 45.9 Å². The second-order valence-electron chi connectivity index (χ2n) is 7.10. The van der Waals surface area contributed by atoms with Crippen LogP contribution in [0.25, 0.3) is 0 Å². The lowest BCUT2D eigenvalue weighted by Gasteiger charge is -2.42. The lowest BCUT2D eigenvalue weighted by Crippen LogP contribution is -2.55. The Balaban J connectivity index is 1.74. The SMILES string of the molecule is Cc1cc(C)n(Cc2ccc(C(=O)N3CCOCC3(C)C)cc2)n1. The predicted octanol–water partition coefficient (Wildman–Crippen LogP) is 2.80. The summed E-state index contributed by atoms with van der Waals surface area (Å²) in [6.45, 7) is 10.7. The first kappa shape index (κ1) is 16.7. The van der Waals surface area contributed by atoms with Gasteiger partial charge in [-0.2, -0.15) is 5.10 Å². The van der Waals surface area contributed by atoms with E-state index in [4.69, 9.17) is 4.74 Å². The fraction of sp³-hybridized carbons (Fsp3) is 0.474. The van der Waals surface area contributed by atoms with Crippen molar-refractivity contribution in [1.29, 1.82) is 0 Å². The van der Waals surface area contributed by atoms with E-state index in [9.17, 15) is 4.79 Å². The van der Waals surface area contributed by atoms with Gasteiger partial charge in [0, 0.05) is 17.8 Å². The highest BCUT2D eigenvalue weighted by atomic mass is 16.5. The minimum atomic E-state index is -0.266. The Kier molecular flexibility index (Phi) is 4.45. The van der Waals surface area contributed by atoms with Gasteiger partial charge in [0.15, 0.2) is 0 Å². The molecule has 5 nitrogen and oxygen atoms in total. The van der Waals surface area contributed by atoms with Gasteiger partial charge in [-0.1, -0.05) is 12.1 Å². The zero-order chi connectivity index (χ0) is 17.3. The number of nitrogens with zero attached hydrogens (tertiary/aromatic N) is 3. The molecule has 0 aliphatic carbocycles. The van der Waals surface area contributed by atoms with Crippen LogP contribution in [0.15, 0.2) is 30.3 Å². The molecule has 1 aromatic heterocycles. The van der Waals surface area contributed by atoms with Gasteiger partial charge in [0.05, 0.1) is 31.0 Å². The summed E-state index contributed by atoms with van der Waals surface area (Å²) in [7, 11) is 0. The smallest absolute Gasteiger partial charge is 0.254 e. The van der Waals surface area contributed by atoms with Crippen LogP contribution in [0.1, 0.15) is 41.2 Å². The van der Waals surface area contributed by atoms with Crippen LogP contribution in [0.3, 0.4) is 0 Å². The Morgan fingerprint density at radius 1 is 1.25 bits per heavy atom. The molecule has 1 aliphatic heterocycles. The van der Waals surface area contributed by atoms with E-state index in [0.29, 0.717) is 19.8 Å². The molecule has 2 heterocycles. The van der Waals surface area contributed by atoms with E-state index in [1.807, 2.05) is 54.6 Å². The van der Waals surface area contributed by atoms with Crippen LogP contribution >= 0.6 is 0 Å². The Labute approximate surface area is 143 Å². The van der Waals surface area contributed by atoms with Gasteiger partial charge < -0.3 is 9.64 Å². The summed E-state index contributed by atoms with van der Waals surface area (Å²) < 4.78 is 7.48. The van der Waals surface area contributed by atoms with Gasteiger partial charge in [0.2, 0.25) is 0 Å². The second kappa shape index (κ2) is 6.40. The van der Waals surface area contributed by atoms with E-state index in [0.717, 1.165) is 29.1 Å². The second-order valence-corrected chi connectivity index (χ2v) is 7.10. The average molecular weight is 327 g/mol. The maximum atomic E-state index is 12.8. The first-order chi connectivity index (χ1) is 11.4. The number of benzene rings is 1. The maximum Gasteiger partial charge on any atom is 0.254 e. The minimum absolute atomic E-state index is 0.0703. The van der Waals surface area contributed by atoms with Gasteiger partial charge in [-0.25, -0.2) is 0 Å². The van der Waals surface area contributed by atoms with Crippen molar-refractivity contribution in [3.8, 4) is 0 Å². The van der Waals surface area contributed by atoms with Crippen LogP contribution in [-0.2, 0) is 11.3 Å². The number of aromatic nitrogens is 2. The van der Waals surface area contributed by atoms with E-state index in [1.165, 1.54) is 0 Å². The van der Waals surface area contributed by atoms with Crippen molar-refractivity contribution in [2.45, 2.75) is 39.8 Å². The number of rotatable bonds is 3. The van der Waals surface area contributed by atoms with Crippen LogP contribution in [0.2, 0.25) is 0 Å². The highest BCUT2D eigenvalue weighted by Gasteiger charge is 2.34. The Morgan fingerprint density at radius 2 is 1.96 bits per heavy atom. The molecule has 1 saturated heterocycles. The number of hydrogen-bond donors (Lipinski definition) is 0. The summed E-state index contributed by atoms with van der Waals surface area (Å²) in [4.78, 5) is 14.7. The molecule has 2 aromatic rings. The van der Waals surface area contributed by atoms with E-state index in [-0.39, 0.29) is 11.4 Å². The third kappa shape index (κ3) is 3.36. The molecule has 5 heteroatoms. The van der Waals surface area contributed by atoms with Crippen LogP contribution < -0.4 is 0 Å².